The average Bonchev–Trinajstić information content (AvgIpc) is 3.50. The number of aryl methyl sites for hydroxylation is 1. The highest BCUT2D eigenvalue weighted by molar-refractivity contribution is 6.46. The summed E-state index contributed by atoms with van der Waals surface area (Å²) >= 11 is 6.27. The molecule has 1 unspecified atom stereocenters. The van der Waals surface area contributed by atoms with E-state index in [9.17, 15) is 14.7 Å². The first-order valence-corrected chi connectivity index (χ1v) is 11.6. The molecule has 1 amide bonds. The van der Waals surface area contributed by atoms with Crippen LogP contribution in [0.4, 0.5) is 0 Å². The summed E-state index contributed by atoms with van der Waals surface area (Å²) in [6.45, 7) is 0.854. The number of carbonyl (C=O) groups is 2. The van der Waals surface area contributed by atoms with E-state index in [-0.39, 0.29) is 28.5 Å². The predicted octanol–water partition coefficient (Wildman–Crippen LogP) is 4.07. The molecule has 1 atom stereocenters. The molecule has 0 saturated carbocycles. The summed E-state index contributed by atoms with van der Waals surface area (Å²) in [6, 6.07) is 8.86. The van der Waals surface area contributed by atoms with Gasteiger partial charge in [-0.3, -0.25) is 9.59 Å². The topological polar surface area (TPSA) is 103 Å². The Balaban J connectivity index is 1.83. The molecule has 0 aliphatic carbocycles. The van der Waals surface area contributed by atoms with Crippen molar-refractivity contribution in [3.63, 3.8) is 0 Å². The third-order valence-corrected chi connectivity index (χ3v) is 6.37. The van der Waals surface area contributed by atoms with Gasteiger partial charge >= 0.3 is 0 Å². The SMILES string of the molecule is COc1ccc(OC)c(C2C(=C(O)c3ccc(OC)c(Cl)c3)C(=O)C(=O)N2CCCn2ccnc2)c1. The molecule has 2 heterocycles. The molecular weight excluding hydrogens is 486 g/mol. The standard InChI is InChI=1S/C26H26ClN3O6/c1-34-17-6-8-20(35-2)18(14-17)23-22(24(31)16-5-7-21(36-3)19(27)13-16)25(32)26(33)30(23)11-4-10-29-12-9-28-15-29/h5-9,12-15,23,31H,4,10-11H2,1-3H3. The van der Waals surface area contributed by atoms with E-state index >= 15 is 0 Å². The van der Waals surface area contributed by atoms with Gasteiger partial charge in [-0.25, -0.2) is 4.98 Å². The summed E-state index contributed by atoms with van der Waals surface area (Å²) in [5.41, 5.74) is 0.735. The van der Waals surface area contributed by atoms with Crippen LogP contribution in [0.3, 0.4) is 0 Å². The van der Waals surface area contributed by atoms with Crippen LogP contribution < -0.4 is 14.2 Å². The van der Waals surface area contributed by atoms with Gasteiger partial charge in [0.15, 0.2) is 0 Å². The van der Waals surface area contributed by atoms with Crippen LogP contribution in [0, 0.1) is 0 Å². The van der Waals surface area contributed by atoms with E-state index in [1.807, 2.05) is 10.8 Å². The van der Waals surface area contributed by atoms with E-state index in [1.54, 1.807) is 42.9 Å². The number of Topliss-reactive ketones (excluding diaryl/α,β-unsaturated/α-hetero) is 1. The summed E-state index contributed by atoms with van der Waals surface area (Å²) in [6.07, 6.45) is 5.74. The zero-order valence-corrected chi connectivity index (χ0v) is 20.9. The molecule has 1 saturated heterocycles. The molecule has 9 nitrogen and oxygen atoms in total. The molecule has 0 bridgehead atoms. The minimum absolute atomic E-state index is 0.0598. The molecule has 10 heteroatoms. The molecule has 3 aromatic rings. The highest BCUT2D eigenvalue weighted by Gasteiger charge is 2.47. The number of hydrogen-bond donors (Lipinski definition) is 1. The number of nitrogens with zero attached hydrogens (tertiary/aromatic N) is 3. The first-order chi connectivity index (χ1) is 17.4. The molecule has 1 aromatic heterocycles. The second-order valence-electron chi connectivity index (χ2n) is 8.10. The van der Waals surface area contributed by atoms with Gasteiger partial charge in [-0.1, -0.05) is 11.6 Å². The van der Waals surface area contributed by atoms with Crippen LogP contribution in [0.5, 0.6) is 17.2 Å². The lowest BCUT2D eigenvalue weighted by molar-refractivity contribution is -0.140. The fraction of sp³-hybridized carbons (Fsp3) is 0.269. The lowest BCUT2D eigenvalue weighted by Gasteiger charge is -2.27. The van der Waals surface area contributed by atoms with E-state index in [1.165, 1.54) is 32.3 Å². The first-order valence-electron chi connectivity index (χ1n) is 11.2. The van der Waals surface area contributed by atoms with Crippen molar-refractivity contribution in [2.24, 2.45) is 0 Å². The van der Waals surface area contributed by atoms with Crippen molar-refractivity contribution in [2.75, 3.05) is 27.9 Å². The molecule has 0 radical (unpaired) electrons. The highest BCUT2D eigenvalue weighted by Crippen LogP contribution is 2.44. The maximum absolute atomic E-state index is 13.3. The third-order valence-electron chi connectivity index (χ3n) is 6.07. The normalized spacial score (nSPS) is 16.9. The summed E-state index contributed by atoms with van der Waals surface area (Å²) in [7, 11) is 4.50. The highest BCUT2D eigenvalue weighted by atomic mass is 35.5. The van der Waals surface area contributed by atoms with Crippen molar-refractivity contribution in [3.05, 3.63) is 76.8 Å². The summed E-state index contributed by atoms with van der Waals surface area (Å²) < 4.78 is 18.0. The molecule has 1 N–H and O–H groups in total. The van der Waals surface area contributed by atoms with Gasteiger partial charge in [0.2, 0.25) is 0 Å². The van der Waals surface area contributed by atoms with E-state index in [4.69, 9.17) is 25.8 Å². The van der Waals surface area contributed by atoms with Gasteiger partial charge in [0, 0.05) is 36.6 Å². The molecule has 1 aliphatic rings. The quantitative estimate of drug-likeness (QED) is 0.262. The first kappa shape index (κ1) is 25.1. The lowest BCUT2D eigenvalue weighted by atomic mass is 9.94. The second kappa shape index (κ2) is 10.7. The van der Waals surface area contributed by atoms with Gasteiger partial charge in [0.05, 0.1) is 44.3 Å². The van der Waals surface area contributed by atoms with Crippen molar-refractivity contribution in [1.29, 1.82) is 0 Å². The zero-order valence-electron chi connectivity index (χ0n) is 20.1. The van der Waals surface area contributed by atoms with Crippen LogP contribution in [0.25, 0.3) is 5.76 Å². The molecule has 36 heavy (non-hydrogen) atoms. The number of aromatic nitrogens is 2. The van der Waals surface area contributed by atoms with Gasteiger partial charge < -0.3 is 28.8 Å². The Bertz CT molecular complexity index is 1310. The lowest BCUT2D eigenvalue weighted by Crippen LogP contribution is -2.31. The number of hydrogen-bond acceptors (Lipinski definition) is 7. The molecule has 1 fully saturated rings. The van der Waals surface area contributed by atoms with Gasteiger partial charge in [0.25, 0.3) is 11.7 Å². The fourth-order valence-corrected chi connectivity index (χ4v) is 4.56. The number of imidazole rings is 1. The fourth-order valence-electron chi connectivity index (χ4n) is 4.30. The van der Waals surface area contributed by atoms with E-state index in [2.05, 4.69) is 4.98 Å². The Labute approximate surface area is 213 Å². The van der Waals surface area contributed by atoms with Crippen LogP contribution in [0.15, 0.2) is 60.7 Å². The summed E-state index contributed by atoms with van der Waals surface area (Å²) in [5, 5.41) is 11.6. The molecule has 188 valence electrons. The van der Waals surface area contributed by atoms with Crippen molar-refractivity contribution < 1.29 is 28.9 Å². The monoisotopic (exact) mass is 511 g/mol. The zero-order chi connectivity index (χ0) is 25.8. The number of rotatable bonds is 9. The molecule has 4 rings (SSSR count). The Morgan fingerprint density at radius 1 is 1.03 bits per heavy atom. The van der Waals surface area contributed by atoms with Crippen LogP contribution in [-0.2, 0) is 16.1 Å². The summed E-state index contributed by atoms with van der Waals surface area (Å²) in [5.74, 6) is -0.471. The third kappa shape index (κ3) is 4.74. The van der Waals surface area contributed by atoms with Gasteiger partial charge in [0.1, 0.15) is 23.0 Å². The molecule has 1 aliphatic heterocycles. The van der Waals surface area contributed by atoms with Crippen LogP contribution >= 0.6 is 11.6 Å². The number of likely N-dealkylation sites (tertiary alicyclic amines) is 1. The maximum atomic E-state index is 13.3. The molecule has 2 aromatic carbocycles. The predicted molar refractivity (Wildman–Crippen MR) is 133 cm³/mol. The average molecular weight is 512 g/mol. The smallest absolute Gasteiger partial charge is 0.295 e. The van der Waals surface area contributed by atoms with Gasteiger partial charge in [-0.15, -0.1) is 0 Å². The number of benzene rings is 2. The Morgan fingerprint density at radius 2 is 1.78 bits per heavy atom. The van der Waals surface area contributed by atoms with E-state index in [0.717, 1.165) is 0 Å². The van der Waals surface area contributed by atoms with Crippen molar-refractivity contribution >= 4 is 29.1 Å². The van der Waals surface area contributed by atoms with Gasteiger partial charge in [-0.2, -0.15) is 0 Å². The van der Waals surface area contributed by atoms with Crippen molar-refractivity contribution in [2.45, 2.75) is 19.0 Å². The minimum Gasteiger partial charge on any atom is -0.507 e. The van der Waals surface area contributed by atoms with Crippen molar-refractivity contribution in [3.8, 4) is 17.2 Å². The largest absolute Gasteiger partial charge is 0.507 e. The van der Waals surface area contributed by atoms with Crippen LogP contribution in [0.2, 0.25) is 5.02 Å². The molecular formula is C26H26ClN3O6. The number of carbonyl (C=O) groups excluding carboxylic acids is 2. The Morgan fingerprint density at radius 3 is 2.42 bits per heavy atom. The number of halogens is 1. The number of amides is 1. The maximum Gasteiger partial charge on any atom is 0.295 e. The number of methoxy groups -OCH3 is 3. The number of ketones is 1. The number of aliphatic hydroxyl groups excluding tert-OH is 1. The van der Waals surface area contributed by atoms with Gasteiger partial charge in [-0.05, 0) is 42.8 Å². The molecule has 0 spiro atoms. The Hall–Kier alpha value is -3.98. The van der Waals surface area contributed by atoms with E-state index in [0.29, 0.717) is 35.8 Å². The number of ether oxygens (including phenoxy) is 3. The van der Waals surface area contributed by atoms with Crippen LogP contribution in [-0.4, -0.2) is 59.1 Å². The minimum atomic E-state index is -0.904. The summed E-state index contributed by atoms with van der Waals surface area (Å²) in [4.78, 5) is 32.0. The Kier molecular flexibility index (Phi) is 7.49. The van der Waals surface area contributed by atoms with E-state index < -0.39 is 17.7 Å². The number of aliphatic hydroxyl groups is 1. The van der Waals surface area contributed by atoms with Crippen molar-refractivity contribution in [1.82, 2.24) is 14.5 Å². The second-order valence-corrected chi connectivity index (χ2v) is 8.51. The van der Waals surface area contributed by atoms with Crippen LogP contribution in [0.1, 0.15) is 23.6 Å².